The van der Waals surface area contributed by atoms with E-state index in [0.717, 1.165) is 16.6 Å². The molecule has 7 heteroatoms. The number of Topliss-reactive ketones (excluding diaryl/α,β-unsaturated/α-hetero) is 1. The van der Waals surface area contributed by atoms with Crippen molar-refractivity contribution < 1.29 is 18.4 Å². The molecule has 0 aliphatic heterocycles. The minimum Gasteiger partial charge on any atom is -0.373 e. The molecule has 0 saturated carbocycles. The molecule has 0 atom stereocenters. The largest absolute Gasteiger partial charge is 0.373 e. The Morgan fingerprint density at radius 1 is 1.04 bits per heavy atom. The van der Waals surface area contributed by atoms with E-state index < -0.39 is 17.5 Å². The Hall–Kier alpha value is -2.28. The first-order valence-electron chi connectivity index (χ1n) is 7.53. The summed E-state index contributed by atoms with van der Waals surface area (Å²) in [5, 5.41) is 2.41. The van der Waals surface area contributed by atoms with Gasteiger partial charge < -0.3 is 10.2 Å². The molecule has 1 N–H and O–H groups in total. The van der Waals surface area contributed by atoms with Gasteiger partial charge in [0, 0.05) is 42.7 Å². The van der Waals surface area contributed by atoms with Crippen LogP contribution in [0.5, 0.6) is 0 Å². The molecule has 0 aliphatic carbocycles. The number of hydrogen-bond acceptors (Lipinski definition) is 3. The molecule has 0 aromatic heterocycles. The van der Waals surface area contributed by atoms with Crippen LogP contribution < -0.4 is 10.2 Å². The number of carbonyl (C=O) groups excluding carboxylic acids is 2. The zero-order chi connectivity index (χ0) is 18.6. The number of benzene rings is 2. The van der Waals surface area contributed by atoms with E-state index in [9.17, 15) is 18.4 Å². The number of carbonyl (C=O) groups is 2. The number of hydrogen-bond donors (Lipinski definition) is 1. The smallest absolute Gasteiger partial charge is 0.224 e. The zero-order valence-electron chi connectivity index (χ0n) is 13.8. The molecule has 2 aromatic rings. The molecule has 0 radical (unpaired) electrons. The van der Waals surface area contributed by atoms with Gasteiger partial charge in [-0.15, -0.1) is 0 Å². The van der Waals surface area contributed by atoms with Crippen molar-refractivity contribution in [3.63, 3.8) is 0 Å². The Labute approximate surface area is 153 Å². The molecule has 25 heavy (non-hydrogen) atoms. The van der Waals surface area contributed by atoms with Crippen molar-refractivity contribution in [3.8, 4) is 0 Å². The standard InChI is InChI=1S/C18H17BrF2N2O2/c1-23(2)18-14(20)9-13(10-15(18)21)22-17(25)8-7-16(24)11-3-5-12(19)6-4-11/h3-6,9-10H,7-8H2,1-2H3,(H,22,25). The van der Waals surface area contributed by atoms with Gasteiger partial charge in [-0.1, -0.05) is 28.1 Å². The quantitative estimate of drug-likeness (QED) is 0.718. The molecular formula is C18H17BrF2N2O2. The minimum atomic E-state index is -0.772. The van der Waals surface area contributed by atoms with Gasteiger partial charge in [0.15, 0.2) is 17.4 Å². The maximum absolute atomic E-state index is 13.9. The Balaban J connectivity index is 1.96. The summed E-state index contributed by atoms with van der Waals surface area (Å²) in [5.74, 6) is -2.21. The fourth-order valence-corrected chi connectivity index (χ4v) is 2.56. The zero-order valence-corrected chi connectivity index (χ0v) is 15.4. The van der Waals surface area contributed by atoms with Gasteiger partial charge in [-0.2, -0.15) is 0 Å². The van der Waals surface area contributed by atoms with Crippen LogP contribution in [0.4, 0.5) is 20.2 Å². The third-order valence-corrected chi connectivity index (χ3v) is 4.02. The monoisotopic (exact) mass is 410 g/mol. The van der Waals surface area contributed by atoms with Gasteiger partial charge in [0.2, 0.25) is 5.91 Å². The van der Waals surface area contributed by atoms with E-state index in [4.69, 9.17) is 0 Å². The van der Waals surface area contributed by atoms with E-state index in [-0.39, 0.29) is 30.0 Å². The summed E-state index contributed by atoms with van der Waals surface area (Å²) in [4.78, 5) is 25.3. The first-order chi connectivity index (χ1) is 11.8. The van der Waals surface area contributed by atoms with Crippen LogP contribution >= 0.6 is 15.9 Å². The number of nitrogens with zero attached hydrogens (tertiary/aromatic N) is 1. The minimum absolute atomic E-state index is 0.00815. The predicted octanol–water partition coefficient (Wildman–Crippen LogP) is 4.39. The van der Waals surface area contributed by atoms with Gasteiger partial charge in [0.05, 0.1) is 0 Å². The molecule has 0 bridgehead atoms. The summed E-state index contributed by atoms with van der Waals surface area (Å²) in [6.45, 7) is 0. The summed E-state index contributed by atoms with van der Waals surface area (Å²) < 4.78 is 28.6. The van der Waals surface area contributed by atoms with Crippen molar-refractivity contribution >= 4 is 39.0 Å². The summed E-state index contributed by atoms with van der Waals surface area (Å²) in [5.41, 5.74) is 0.341. The van der Waals surface area contributed by atoms with Gasteiger partial charge in [0.1, 0.15) is 5.69 Å². The SMILES string of the molecule is CN(C)c1c(F)cc(NC(=O)CCC(=O)c2ccc(Br)cc2)cc1F. The number of amides is 1. The number of halogens is 3. The first kappa shape index (κ1) is 19.1. The van der Waals surface area contributed by atoms with Crippen LogP contribution in [0, 0.1) is 11.6 Å². The highest BCUT2D eigenvalue weighted by molar-refractivity contribution is 9.10. The Morgan fingerprint density at radius 3 is 2.12 bits per heavy atom. The van der Waals surface area contributed by atoms with Crippen molar-refractivity contribution in [2.75, 3.05) is 24.3 Å². The third kappa shape index (κ3) is 5.09. The van der Waals surface area contributed by atoms with Gasteiger partial charge in [-0.05, 0) is 24.3 Å². The molecule has 132 valence electrons. The normalized spacial score (nSPS) is 10.4. The molecule has 2 rings (SSSR count). The van der Waals surface area contributed by atoms with Crippen molar-refractivity contribution in [2.24, 2.45) is 0 Å². The molecule has 0 heterocycles. The van der Waals surface area contributed by atoms with E-state index in [0.29, 0.717) is 5.56 Å². The van der Waals surface area contributed by atoms with Crippen molar-refractivity contribution in [1.29, 1.82) is 0 Å². The van der Waals surface area contributed by atoms with Crippen molar-refractivity contribution in [1.82, 2.24) is 0 Å². The molecule has 0 unspecified atom stereocenters. The van der Waals surface area contributed by atoms with Gasteiger partial charge in [-0.3, -0.25) is 9.59 Å². The molecule has 0 spiro atoms. The maximum Gasteiger partial charge on any atom is 0.224 e. The van der Waals surface area contributed by atoms with Crippen LogP contribution in [0.3, 0.4) is 0 Å². The van der Waals surface area contributed by atoms with E-state index >= 15 is 0 Å². The lowest BCUT2D eigenvalue weighted by atomic mass is 10.1. The second-order valence-electron chi connectivity index (χ2n) is 5.66. The number of nitrogens with one attached hydrogen (secondary N) is 1. The van der Waals surface area contributed by atoms with E-state index in [1.54, 1.807) is 24.3 Å². The highest BCUT2D eigenvalue weighted by Gasteiger charge is 2.15. The second kappa shape index (κ2) is 8.20. The first-order valence-corrected chi connectivity index (χ1v) is 8.32. The summed E-state index contributed by atoms with van der Waals surface area (Å²) in [7, 11) is 3.04. The summed E-state index contributed by atoms with van der Waals surface area (Å²) in [6, 6.07) is 8.90. The average Bonchev–Trinajstić information content (AvgIpc) is 2.52. The van der Waals surface area contributed by atoms with Crippen molar-refractivity contribution in [3.05, 3.63) is 58.1 Å². The van der Waals surface area contributed by atoms with Crippen LogP contribution in [-0.2, 0) is 4.79 Å². The Morgan fingerprint density at radius 2 is 1.60 bits per heavy atom. The highest BCUT2D eigenvalue weighted by atomic mass is 79.9. The van der Waals surface area contributed by atoms with Crippen LogP contribution in [-0.4, -0.2) is 25.8 Å². The van der Waals surface area contributed by atoms with Gasteiger partial charge in [0.25, 0.3) is 0 Å². The fourth-order valence-electron chi connectivity index (χ4n) is 2.30. The summed E-state index contributed by atoms with van der Waals surface area (Å²) in [6.07, 6.45) is -0.0677. The Bertz CT molecular complexity index is 769. The van der Waals surface area contributed by atoms with E-state index in [1.807, 2.05) is 0 Å². The molecule has 0 saturated heterocycles. The van der Waals surface area contributed by atoms with E-state index in [1.165, 1.54) is 19.0 Å². The molecular weight excluding hydrogens is 394 g/mol. The van der Waals surface area contributed by atoms with Gasteiger partial charge in [-0.25, -0.2) is 8.78 Å². The molecule has 4 nitrogen and oxygen atoms in total. The molecule has 1 amide bonds. The van der Waals surface area contributed by atoms with Crippen molar-refractivity contribution in [2.45, 2.75) is 12.8 Å². The maximum atomic E-state index is 13.9. The summed E-state index contributed by atoms with van der Waals surface area (Å²) >= 11 is 3.28. The number of ketones is 1. The fraction of sp³-hybridized carbons (Fsp3) is 0.222. The van der Waals surface area contributed by atoms with Gasteiger partial charge >= 0.3 is 0 Å². The van der Waals surface area contributed by atoms with Crippen LogP contribution in [0.2, 0.25) is 0 Å². The molecule has 2 aromatic carbocycles. The number of rotatable bonds is 6. The lowest BCUT2D eigenvalue weighted by Gasteiger charge is -2.15. The van der Waals surface area contributed by atoms with E-state index in [2.05, 4.69) is 21.2 Å². The van der Waals surface area contributed by atoms with Crippen LogP contribution in [0.15, 0.2) is 40.9 Å². The third-order valence-electron chi connectivity index (χ3n) is 3.49. The average molecular weight is 411 g/mol. The predicted molar refractivity (Wildman–Crippen MR) is 97.0 cm³/mol. The lowest BCUT2D eigenvalue weighted by Crippen LogP contribution is -2.16. The number of anilines is 2. The van der Waals surface area contributed by atoms with Crippen LogP contribution in [0.1, 0.15) is 23.2 Å². The molecule has 0 aliphatic rings. The Kier molecular flexibility index (Phi) is 6.25. The highest BCUT2D eigenvalue weighted by Crippen LogP contribution is 2.25. The van der Waals surface area contributed by atoms with Crippen LogP contribution in [0.25, 0.3) is 0 Å². The lowest BCUT2D eigenvalue weighted by molar-refractivity contribution is -0.116. The second-order valence-corrected chi connectivity index (χ2v) is 6.58. The topological polar surface area (TPSA) is 49.4 Å². The molecule has 0 fully saturated rings.